The van der Waals surface area contributed by atoms with Gasteiger partial charge in [0.25, 0.3) is 5.92 Å². The van der Waals surface area contributed by atoms with Gasteiger partial charge in [0.1, 0.15) is 0 Å². The topological polar surface area (TPSA) is 29.1 Å². The Morgan fingerprint density at radius 2 is 1.36 bits per heavy atom. The molecule has 0 bridgehead atoms. The van der Waals surface area contributed by atoms with E-state index in [1.807, 2.05) is 0 Å². The molecule has 0 spiro atoms. The molecule has 0 rings (SSSR count). The maximum atomic E-state index is 12.9. The molecule has 4 heteroatoms. The second kappa shape index (κ2) is 12.8. The second-order valence-electron chi connectivity index (χ2n) is 6.54. The molecule has 1 atom stereocenters. The number of hydrogen-bond donors (Lipinski definition) is 1. The number of hydrogen-bond acceptors (Lipinski definition) is 1. The lowest BCUT2D eigenvalue weighted by atomic mass is 9.93. The SMILES string of the molecule is CCCCCCCC(CCCCCC)C(=O)NCC(C)(F)F. The third-order valence-corrected chi connectivity index (χ3v) is 4.01. The van der Waals surface area contributed by atoms with Crippen LogP contribution in [0.15, 0.2) is 0 Å². The smallest absolute Gasteiger partial charge is 0.262 e. The Morgan fingerprint density at radius 1 is 0.909 bits per heavy atom. The molecule has 1 N–H and O–H groups in total. The average molecular weight is 319 g/mol. The van der Waals surface area contributed by atoms with Crippen molar-refractivity contribution in [2.45, 2.75) is 97.3 Å². The third-order valence-electron chi connectivity index (χ3n) is 4.01. The van der Waals surface area contributed by atoms with Crippen LogP contribution in [0, 0.1) is 5.92 Å². The van der Waals surface area contributed by atoms with E-state index in [0.29, 0.717) is 0 Å². The number of carbonyl (C=O) groups excluding carboxylic acids is 1. The first-order valence-electron chi connectivity index (χ1n) is 9.06. The quantitative estimate of drug-likeness (QED) is 0.408. The van der Waals surface area contributed by atoms with E-state index in [-0.39, 0.29) is 11.8 Å². The second-order valence-corrected chi connectivity index (χ2v) is 6.54. The zero-order valence-electron chi connectivity index (χ0n) is 14.7. The minimum atomic E-state index is -2.83. The lowest BCUT2D eigenvalue weighted by Crippen LogP contribution is -2.38. The van der Waals surface area contributed by atoms with E-state index in [4.69, 9.17) is 0 Å². The summed E-state index contributed by atoms with van der Waals surface area (Å²) in [5.74, 6) is -3.11. The van der Waals surface area contributed by atoms with Gasteiger partial charge in [-0.1, -0.05) is 71.6 Å². The van der Waals surface area contributed by atoms with Crippen LogP contribution in [0.1, 0.15) is 91.4 Å². The molecule has 1 amide bonds. The summed E-state index contributed by atoms with van der Waals surface area (Å²) in [6.45, 7) is 4.62. The van der Waals surface area contributed by atoms with E-state index >= 15 is 0 Å². The first-order chi connectivity index (χ1) is 10.4. The van der Waals surface area contributed by atoms with Gasteiger partial charge in [-0.05, 0) is 12.8 Å². The van der Waals surface area contributed by atoms with Crippen molar-refractivity contribution in [1.29, 1.82) is 0 Å². The zero-order chi connectivity index (χ0) is 16.8. The molecule has 0 aliphatic rings. The van der Waals surface area contributed by atoms with Crippen molar-refractivity contribution in [2.75, 3.05) is 6.54 Å². The van der Waals surface area contributed by atoms with Crippen LogP contribution in [0.3, 0.4) is 0 Å². The first-order valence-corrected chi connectivity index (χ1v) is 9.06. The van der Waals surface area contributed by atoms with Crippen LogP contribution in [0.2, 0.25) is 0 Å². The standard InChI is InChI=1S/C18H35F2NO/c1-4-6-8-10-12-14-16(13-11-9-7-5-2)17(22)21-15-18(3,19)20/h16H,4-15H2,1-3H3,(H,21,22). The lowest BCUT2D eigenvalue weighted by molar-refractivity contribution is -0.127. The Labute approximate surface area is 135 Å². The Hall–Kier alpha value is -0.670. The van der Waals surface area contributed by atoms with Crippen LogP contribution in [-0.4, -0.2) is 18.4 Å². The number of unbranched alkanes of at least 4 members (excludes halogenated alkanes) is 7. The number of rotatable bonds is 14. The summed E-state index contributed by atoms with van der Waals surface area (Å²) in [4.78, 5) is 12.1. The van der Waals surface area contributed by atoms with Crippen molar-refractivity contribution >= 4 is 5.91 Å². The predicted octanol–water partition coefficient (Wildman–Crippen LogP) is 5.70. The van der Waals surface area contributed by atoms with Crippen molar-refractivity contribution in [2.24, 2.45) is 5.92 Å². The summed E-state index contributed by atoms with van der Waals surface area (Å²) in [6, 6.07) is 0. The Kier molecular flexibility index (Phi) is 12.4. The van der Waals surface area contributed by atoms with Crippen LogP contribution >= 0.6 is 0 Å². The maximum Gasteiger partial charge on any atom is 0.262 e. The number of alkyl halides is 2. The number of amides is 1. The van der Waals surface area contributed by atoms with Crippen molar-refractivity contribution in [3.05, 3.63) is 0 Å². The van der Waals surface area contributed by atoms with E-state index in [0.717, 1.165) is 51.9 Å². The van der Waals surface area contributed by atoms with E-state index < -0.39 is 12.5 Å². The highest BCUT2D eigenvalue weighted by molar-refractivity contribution is 5.78. The van der Waals surface area contributed by atoms with Gasteiger partial charge >= 0.3 is 0 Å². The van der Waals surface area contributed by atoms with Gasteiger partial charge in [-0.3, -0.25) is 4.79 Å². The third kappa shape index (κ3) is 13.0. The summed E-state index contributed by atoms with van der Waals surface area (Å²) in [5, 5.41) is 2.43. The first kappa shape index (κ1) is 21.3. The molecular weight excluding hydrogens is 284 g/mol. The Bertz CT molecular complexity index is 277. The monoisotopic (exact) mass is 319 g/mol. The van der Waals surface area contributed by atoms with Gasteiger partial charge in [0.15, 0.2) is 0 Å². The molecule has 1 unspecified atom stereocenters. The van der Waals surface area contributed by atoms with Gasteiger partial charge in [0, 0.05) is 12.8 Å². The van der Waals surface area contributed by atoms with E-state index in [9.17, 15) is 13.6 Å². The zero-order valence-corrected chi connectivity index (χ0v) is 14.7. The molecule has 0 saturated carbocycles. The average Bonchev–Trinajstić information content (AvgIpc) is 2.46. The van der Waals surface area contributed by atoms with Crippen molar-refractivity contribution < 1.29 is 13.6 Å². The van der Waals surface area contributed by atoms with Gasteiger partial charge in [-0.15, -0.1) is 0 Å². The van der Waals surface area contributed by atoms with Crippen molar-refractivity contribution in [3.8, 4) is 0 Å². The fourth-order valence-electron chi connectivity index (χ4n) is 2.60. The Balaban J connectivity index is 4.15. The minimum Gasteiger partial charge on any atom is -0.350 e. The summed E-state index contributed by atoms with van der Waals surface area (Å²) in [7, 11) is 0. The molecule has 0 aliphatic heterocycles. The highest BCUT2D eigenvalue weighted by Crippen LogP contribution is 2.19. The molecule has 0 aromatic rings. The maximum absolute atomic E-state index is 12.9. The molecule has 0 heterocycles. The highest BCUT2D eigenvalue weighted by atomic mass is 19.3. The van der Waals surface area contributed by atoms with Crippen LogP contribution in [0.25, 0.3) is 0 Å². The van der Waals surface area contributed by atoms with Crippen molar-refractivity contribution in [3.63, 3.8) is 0 Å². The van der Waals surface area contributed by atoms with E-state index in [1.54, 1.807) is 0 Å². The predicted molar refractivity (Wildman–Crippen MR) is 89.3 cm³/mol. The van der Waals surface area contributed by atoms with Gasteiger partial charge < -0.3 is 5.32 Å². The number of nitrogens with one attached hydrogen (secondary N) is 1. The van der Waals surface area contributed by atoms with Crippen LogP contribution < -0.4 is 5.32 Å². The van der Waals surface area contributed by atoms with Crippen LogP contribution in [-0.2, 0) is 4.79 Å². The summed E-state index contributed by atoms with van der Waals surface area (Å²) in [6.07, 6.45) is 11.9. The molecule has 0 saturated heterocycles. The molecule has 0 aliphatic carbocycles. The molecule has 22 heavy (non-hydrogen) atoms. The summed E-state index contributed by atoms with van der Waals surface area (Å²) >= 11 is 0. The molecule has 0 fully saturated rings. The normalized spacial score (nSPS) is 13.1. The molecule has 132 valence electrons. The van der Waals surface area contributed by atoms with Gasteiger partial charge in [-0.25, -0.2) is 8.78 Å². The van der Waals surface area contributed by atoms with Gasteiger partial charge in [0.05, 0.1) is 6.54 Å². The minimum absolute atomic E-state index is 0.0965. The van der Waals surface area contributed by atoms with E-state index in [2.05, 4.69) is 19.2 Å². The Morgan fingerprint density at radius 3 is 1.82 bits per heavy atom. The largest absolute Gasteiger partial charge is 0.350 e. The highest BCUT2D eigenvalue weighted by Gasteiger charge is 2.24. The fourth-order valence-corrected chi connectivity index (χ4v) is 2.60. The molecular formula is C18H35F2NO. The van der Waals surface area contributed by atoms with Gasteiger partial charge in [0.2, 0.25) is 5.91 Å². The molecule has 0 aromatic carbocycles. The number of halogens is 2. The molecule has 2 nitrogen and oxygen atoms in total. The lowest BCUT2D eigenvalue weighted by Gasteiger charge is -2.18. The van der Waals surface area contributed by atoms with Crippen LogP contribution in [0.4, 0.5) is 8.78 Å². The summed E-state index contributed by atoms with van der Waals surface area (Å²) < 4.78 is 25.8. The summed E-state index contributed by atoms with van der Waals surface area (Å²) in [5.41, 5.74) is 0. The number of carbonyl (C=O) groups is 1. The van der Waals surface area contributed by atoms with Crippen molar-refractivity contribution in [1.82, 2.24) is 5.32 Å². The van der Waals surface area contributed by atoms with E-state index in [1.165, 1.54) is 25.7 Å². The van der Waals surface area contributed by atoms with Gasteiger partial charge in [-0.2, -0.15) is 0 Å². The fraction of sp³-hybridized carbons (Fsp3) is 0.944. The molecule has 0 radical (unpaired) electrons. The van der Waals surface area contributed by atoms with Crippen LogP contribution in [0.5, 0.6) is 0 Å². The molecule has 0 aromatic heterocycles.